The van der Waals surface area contributed by atoms with E-state index in [0.717, 1.165) is 28.5 Å². The first-order valence-corrected chi connectivity index (χ1v) is 10.5. The van der Waals surface area contributed by atoms with Crippen molar-refractivity contribution in [2.45, 2.75) is 19.0 Å². The number of hydrogen-bond donors (Lipinski definition) is 2. The lowest BCUT2D eigenvalue weighted by Gasteiger charge is -2.36. The highest BCUT2D eigenvalue weighted by atomic mass is 16.7. The molecule has 0 spiro atoms. The molecule has 0 radical (unpaired) electrons. The van der Waals surface area contributed by atoms with Crippen molar-refractivity contribution < 1.29 is 23.7 Å². The van der Waals surface area contributed by atoms with Gasteiger partial charge >= 0.3 is 0 Å². The first-order chi connectivity index (χ1) is 15.6. The molecule has 0 saturated heterocycles. The van der Waals surface area contributed by atoms with Crippen LogP contribution in [0.1, 0.15) is 22.8 Å². The van der Waals surface area contributed by atoms with Crippen LogP contribution in [0.15, 0.2) is 66.7 Å². The molecule has 3 aromatic rings. The highest BCUT2D eigenvalue weighted by molar-refractivity contribution is 5.95. The van der Waals surface area contributed by atoms with E-state index < -0.39 is 5.54 Å². The Kier molecular flexibility index (Phi) is 5.23. The third kappa shape index (κ3) is 4.27. The SMILES string of the molecule is CC1(COc2ccccc2)COc2ccc(C(=O)NCc3ccc4c(c3)OCO4)cc2N1. The van der Waals surface area contributed by atoms with Crippen LogP contribution in [0.25, 0.3) is 0 Å². The summed E-state index contributed by atoms with van der Waals surface area (Å²) in [5, 5.41) is 6.43. The zero-order valence-corrected chi connectivity index (χ0v) is 17.7. The van der Waals surface area contributed by atoms with Crippen molar-refractivity contribution in [1.29, 1.82) is 0 Å². The molecule has 0 aliphatic carbocycles. The summed E-state index contributed by atoms with van der Waals surface area (Å²) in [6.07, 6.45) is 0. The van der Waals surface area contributed by atoms with Crippen LogP contribution in [0.2, 0.25) is 0 Å². The van der Waals surface area contributed by atoms with Crippen LogP contribution in [0.5, 0.6) is 23.0 Å². The van der Waals surface area contributed by atoms with Crippen molar-refractivity contribution in [3.63, 3.8) is 0 Å². The van der Waals surface area contributed by atoms with Crippen molar-refractivity contribution in [2.24, 2.45) is 0 Å². The van der Waals surface area contributed by atoms with Gasteiger partial charge in [-0.15, -0.1) is 0 Å². The van der Waals surface area contributed by atoms with E-state index in [-0.39, 0.29) is 12.7 Å². The molecule has 0 bridgehead atoms. The Morgan fingerprint density at radius 3 is 2.69 bits per heavy atom. The zero-order chi connectivity index (χ0) is 22.0. The highest BCUT2D eigenvalue weighted by Crippen LogP contribution is 2.34. The molecule has 1 atom stereocenters. The molecule has 3 aromatic carbocycles. The van der Waals surface area contributed by atoms with E-state index in [1.54, 1.807) is 6.07 Å². The molecular formula is C25H24N2O5. The van der Waals surface area contributed by atoms with E-state index in [0.29, 0.717) is 31.1 Å². The minimum Gasteiger partial charge on any atom is -0.491 e. The summed E-state index contributed by atoms with van der Waals surface area (Å²) >= 11 is 0. The molecule has 7 heteroatoms. The van der Waals surface area contributed by atoms with Crippen molar-refractivity contribution in [3.8, 4) is 23.0 Å². The molecule has 2 N–H and O–H groups in total. The Bertz CT molecular complexity index is 1130. The summed E-state index contributed by atoms with van der Waals surface area (Å²) in [7, 11) is 0. The smallest absolute Gasteiger partial charge is 0.251 e. The second kappa shape index (κ2) is 8.34. The van der Waals surface area contributed by atoms with Crippen LogP contribution >= 0.6 is 0 Å². The summed E-state index contributed by atoms with van der Waals surface area (Å²) in [6, 6.07) is 20.7. The second-order valence-electron chi connectivity index (χ2n) is 8.16. The second-order valence-corrected chi connectivity index (χ2v) is 8.16. The lowest BCUT2D eigenvalue weighted by Crippen LogP contribution is -2.48. The minimum atomic E-state index is -0.426. The van der Waals surface area contributed by atoms with Gasteiger partial charge in [-0.05, 0) is 55.0 Å². The first-order valence-electron chi connectivity index (χ1n) is 10.5. The molecule has 1 unspecified atom stereocenters. The van der Waals surface area contributed by atoms with Gasteiger partial charge in [-0.3, -0.25) is 4.79 Å². The molecule has 1 amide bonds. The molecule has 164 valence electrons. The van der Waals surface area contributed by atoms with Gasteiger partial charge in [0.05, 0.1) is 5.69 Å². The van der Waals surface area contributed by atoms with Gasteiger partial charge in [-0.25, -0.2) is 0 Å². The third-order valence-electron chi connectivity index (χ3n) is 5.42. The highest BCUT2D eigenvalue weighted by Gasteiger charge is 2.32. The minimum absolute atomic E-state index is 0.167. The molecule has 0 fully saturated rings. The number of hydrogen-bond acceptors (Lipinski definition) is 6. The maximum absolute atomic E-state index is 12.7. The van der Waals surface area contributed by atoms with Crippen molar-refractivity contribution >= 4 is 11.6 Å². The molecule has 0 saturated carbocycles. The summed E-state index contributed by atoms with van der Waals surface area (Å²) in [5.41, 5.74) is 1.83. The topological polar surface area (TPSA) is 78.1 Å². The number of carbonyl (C=O) groups is 1. The quantitative estimate of drug-likeness (QED) is 0.613. The molecule has 32 heavy (non-hydrogen) atoms. The van der Waals surface area contributed by atoms with Crippen LogP contribution in [-0.2, 0) is 6.54 Å². The van der Waals surface area contributed by atoms with Crippen LogP contribution < -0.4 is 29.6 Å². The maximum atomic E-state index is 12.7. The first kappa shape index (κ1) is 20.1. The predicted molar refractivity (Wildman–Crippen MR) is 120 cm³/mol. The van der Waals surface area contributed by atoms with Crippen LogP contribution in [0.4, 0.5) is 5.69 Å². The van der Waals surface area contributed by atoms with Gasteiger partial charge in [-0.1, -0.05) is 24.3 Å². The van der Waals surface area contributed by atoms with E-state index in [1.807, 2.05) is 67.6 Å². The number of rotatable bonds is 6. The number of para-hydroxylation sites is 1. The van der Waals surface area contributed by atoms with E-state index in [9.17, 15) is 4.79 Å². The average molecular weight is 432 g/mol. The molecule has 5 rings (SSSR count). The van der Waals surface area contributed by atoms with Crippen LogP contribution in [0.3, 0.4) is 0 Å². The summed E-state index contributed by atoms with van der Waals surface area (Å²) in [6.45, 7) is 3.54. The lowest BCUT2D eigenvalue weighted by molar-refractivity contribution is 0.0950. The lowest BCUT2D eigenvalue weighted by atomic mass is 10.0. The number of nitrogens with one attached hydrogen (secondary N) is 2. The largest absolute Gasteiger partial charge is 0.491 e. The fourth-order valence-corrected chi connectivity index (χ4v) is 3.67. The van der Waals surface area contributed by atoms with E-state index in [4.69, 9.17) is 18.9 Å². The fraction of sp³-hybridized carbons (Fsp3) is 0.240. The van der Waals surface area contributed by atoms with Gasteiger partial charge in [-0.2, -0.15) is 0 Å². The molecule has 2 heterocycles. The number of amides is 1. The normalized spacial score (nSPS) is 18.2. The predicted octanol–water partition coefficient (Wildman–Crippen LogP) is 3.99. The van der Waals surface area contributed by atoms with Gasteiger partial charge in [0.2, 0.25) is 6.79 Å². The summed E-state index contributed by atoms with van der Waals surface area (Å²) < 4.78 is 22.6. The van der Waals surface area contributed by atoms with Crippen LogP contribution in [0, 0.1) is 0 Å². The Morgan fingerprint density at radius 1 is 1.00 bits per heavy atom. The van der Waals surface area contributed by atoms with E-state index >= 15 is 0 Å². The number of ether oxygens (including phenoxy) is 4. The maximum Gasteiger partial charge on any atom is 0.251 e. The Balaban J connectivity index is 1.23. The molecular weight excluding hydrogens is 408 g/mol. The third-order valence-corrected chi connectivity index (χ3v) is 5.42. The van der Waals surface area contributed by atoms with Crippen molar-refractivity contribution in [1.82, 2.24) is 5.32 Å². The average Bonchev–Trinajstić information content (AvgIpc) is 3.29. The molecule has 2 aliphatic rings. The Morgan fingerprint density at radius 2 is 1.81 bits per heavy atom. The van der Waals surface area contributed by atoms with Crippen molar-refractivity contribution in [2.75, 3.05) is 25.3 Å². The number of anilines is 1. The summed E-state index contributed by atoms with van der Waals surface area (Å²) in [5.74, 6) is 2.77. The standard InChI is InChI=1S/C25H24N2O5/c1-25(14-29-19-5-3-2-4-6-19)15-30-21-10-8-18(12-20(21)27-25)24(28)26-13-17-7-9-22-23(11-17)32-16-31-22/h2-12,27H,13-16H2,1H3,(H,26,28). The number of benzene rings is 3. The summed E-state index contributed by atoms with van der Waals surface area (Å²) in [4.78, 5) is 12.7. The van der Waals surface area contributed by atoms with Gasteiger partial charge in [0.15, 0.2) is 11.5 Å². The molecule has 2 aliphatic heterocycles. The monoisotopic (exact) mass is 432 g/mol. The van der Waals surface area contributed by atoms with Gasteiger partial charge < -0.3 is 29.6 Å². The van der Waals surface area contributed by atoms with Gasteiger partial charge in [0.1, 0.15) is 30.3 Å². The number of carbonyl (C=O) groups excluding carboxylic acids is 1. The molecule has 7 nitrogen and oxygen atoms in total. The van der Waals surface area contributed by atoms with Gasteiger partial charge in [0, 0.05) is 12.1 Å². The fourth-order valence-electron chi connectivity index (χ4n) is 3.67. The Labute approximate surface area is 186 Å². The van der Waals surface area contributed by atoms with Crippen molar-refractivity contribution in [3.05, 3.63) is 77.9 Å². The Hall–Kier alpha value is -3.87. The molecule has 0 aromatic heterocycles. The zero-order valence-electron chi connectivity index (χ0n) is 17.7. The van der Waals surface area contributed by atoms with Gasteiger partial charge in [0.25, 0.3) is 5.91 Å². The van der Waals surface area contributed by atoms with E-state index in [1.165, 1.54) is 0 Å². The van der Waals surface area contributed by atoms with Crippen LogP contribution in [-0.4, -0.2) is 31.5 Å². The van der Waals surface area contributed by atoms with E-state index in [2.05, 4.69) is 10.6 Å². The number of fused-ring (bicyclic) bond motifs is 2.